The van der Waals surface area contributed by atoms with Crippen molar-refractivity contribution in [1.29, 1.82) is 0 Å². The lowest BCUT2D eigenvalue weighted by atomic mass is 10.1. The van der Waals surface area contributed by atoms with E-state index >= 15 is 0 Å². The summed E-state index contributed by atoms with van der Waals surface area (Å²) < 4.78 is 4.93. The van der Waals surface area contributed by atoms with Gasteiger partial charge in [0.25, 0.3) is 0 Å². The molecule has 3 aromatic rings. The number of thioether (sulfide) groups is 1. The number of benzene rings is 2. The van der Waals surface area contributed by atoms with Gasteiger partial charge in [-0.15, -0.1) is 11.8 Å². The number of hydrogen-bond donors (Lipinski definition) is 1. The van der Waals surface area contributed by atoms with Crippen LogP contribution in [0.3, 0.4) is 0 Å². The van der Waals surface area contributed by atoms with Crippen LogP contribution in [0, 0.1) is 6.92 Å². The van der Waals surface area contributed by atoms with E-state index in [1.165, 1.54) is 16.7 Å². The average molecular weight is 395 g/mol. The van der Waals surface area contributed by atoms with Crippen molar-refractivity contribution in [1.82, 2.24) is 10.1 Å². The lowest BCUT2D eigenvalue weighted by Gasteiger charge is -2.23. The number of carbonyl (C=O) groups excluding carboxylic acids is 2. The minimum atomic E-state index is -0.448. The molecule has 2 aromatic carbocycles. The van der Waals surface area contributed by atoms with Gasteiger partial charge in [-0.1, -0.05) is 53.7 Å². The molecule has 1 atom stereocenters. The van der Waals surface area contributed by atoms with Gasteiger partial charge in [-0.05, 0) is 24.6 Å². The maximum Gasteiger partial charge on any atom is 0.245 e. The molecule has 0 fully saturated rings. The Kier molecular flexibility index (Phi) is 6.49. The summed E-state index contributed by atoms with van der Waals surface area (Å²) in [5, 5.41) is 5.92. The first-order valence-corrected chi connectivity index (χ1v) is 9.65. The largest absolute Gasteiger partial charge is 0.360 e. The van der Waals surface area contributed by atoms with Crippen molar-refractivity contribution in [2.24, 2.45) is 0 Å². The van der Waals surface area contributed by atoms with Gasteiger partial charge in [0.05, 0.1) is 6.54 Å². The lowest BCUT2D eigenvalue weighted by molar-refractivity contribution is -0.132. The minimum absolute atomic E-state index is 0.0799. The van der Waals surface area contributed by atoms with Crippen molar-refractivity contribution in [3.63, 3.8) is 0 Å². The van der Waals surface area contributed by atoms with E-state index in [2.05, 4.69) is 10.5 Å². The van der Waals surface area contributed by atoms with Gasteiger partial charge in [0.15, 0.2) is 5.82 Å². The summed E-state index contributed by atoms with van der Waals surface area (Å²) in [6, 6.07) is 20.9. The SMILES string of the molecule is Cc1cc(NC(=O)CN(C)C(=O)[C@H](Sc2ccccc2)c2ccccc2)no1. The van der Waals surface area contributed by atoms with Crippen molar-refractivity contribution in [2.45, 2.75) is 17.1 Å². The molecule has 0 saturated carbocycles. The predicted octanol–water partition coefficient (Wildman–Crippen LogP) is 3.91. The maximum absolute atomic E-state index is 13.1. The van der Waals surface area contributed by atoms with Crippen molar-refractivity contribution in [3.8, 4) is 0 Å². The van der Waals surface area contributed by atoms with E-state index < -0.39 is 5.25 Å². The van der Waals surface area contributed by atoms with Crippen LogP contribution in [-0.2, 0) is 9.59 Å². The standard InChI is InChI=1S/C21H21N3O3S/c1-15-13-18(23-27-15)22-19(25)14-24(2)21(26)20(16-9-5-3-6-10-16)28-17-11-7-4-8-12-17/h3-13,20H,14H2,1-2H3,(H,22,23,25)/t20-/m1/s1. The Labute approximate surface area is 167 Å². The molecule has 144 valence electrons. The van der Waals surface area contributed by atoms with Gasteiger partial charge in [0.2, 0.25) is 11.8 Å². The number of carbonyl (C=O) groups is 2. The first kappa shape index (κ1) is 19.7. The van der Waals surface area contributed by atoms with Crippen LogP contribution in [0.15, 0.2) is 76.1 Å². The van der Waals surface area contributed by atoms with E-state index in [1.807, 2.05) is 60.7 Å². The molecule has 1 N–H and O–H groups in total. The molecular weight excluding hydrogens is 374 g/mol. The van der Waals surface area contributed by atoms with E-state index in [0.717, 1.165) is 10.5 Å². The maximum atomic E-state index is 13.1. The number of rotatable bonds is 7. The number of nitrogens with zero attached hydrogens (tertiary/aromatic N) is 2. The van der Waals surface area contributed by atoms with Crippen molar-refractivity contribution in [3.05, 3.63) is 78.1 Å². The van der Waals surface area contributed by atoms with Crippen LogP contribution >= 0.6 is 11.8 Å². The normalized spacial score (nSPS) is 11.6. The molecule has 0 aliphatic heterocycles. The van der Waals surface area contributed by atoms with Crippen LogP contribution in [0.2, 0.25) is 0 Å². The first-order valence-electron chi connectivity index (χ1n) is 8.78. The third-order valence-electron chi connectivity index (χ3n) is 3.98. The number of anilines is 1. The Morgan fingerprint density at radius 2 is 1.75 bits per heavy atom. The van der Waals surface area contributed by atoms with Gasteiger partial charge in [0, 0.05) is 18.0 Å². The fourth-order valence-electron chi connectivity index (χ4n) is 2.63. The van der Waals surface area contributed by atoms with E-state index in [-0.39, 0.29) is 18.4 Å². The Hall–Kier alpha value is -3.06. The Bertz CT molecular complexity index is 928. The number of aryl methyl sites for hydroxylation is 1. The molecule has 0 radical (unpaired) electrons. The molecule has 0 saturated heterocycles. The summed E-state index contributed by atoms with van der Waals surface area (Å²) >= 11 is 1.46. The zero-order chi connectivity index (χ0) is 19.9. The molecule has 0 unspecified atom stereocenters. The van der Waals surface area contributed by atoms with Crippen LogP contribution in [0.4, 0.5) is 5.82 Å². The molecule has 2 amide bonds. The summed E-state index contributed by atoms with van der Waals surface area (Å²) in [5.74, 6) is 0.456. The molecule has 6 nitrogen and oxygen atoms in total. The smallest absolute Gasteiger partial charge is 0.245 e. The fourth-order valence-corrected chi connectivity index (χ4v) is 3.79. The summed E-state index contributed by atoms with van der Waals surface area (Å²) in [6.45, 7) is 1.66. The van der Waals surface area contributed by atoms with Gasteiger partial charge in [-0.2, -0.15) is 0 Å². The van der Waals surface area contributed by atoms with E-state index in [9.17, 15) is 9.59 Å². The van der Waals surface area contributed by atoms with Crippen LogP contribution in [0.5, 0.6) is 0 Å². The van der Waals surface area contributed by atoms with E-state index in [1.54, 1.807) is 20.0 Å². The summed E-state index contributed by atoms with van der Waals surface area (Å²) in [7, 11) is 1.62. The topological polar surface area (TPSA) is 75.4 Å². The van der Waals surface area contributed by atoms with Gasteiger partial charge >= 0.3 is 0 Å². The van der Waals surface area contributed by atoms with Crippen LogP contribution in [0.25, 0.3) is 0 Å². The molecule has 1 aromatic heterocycles. The Balaban J connectivity index is 1.71. The Morgan fingerprint density at radius 3 is 2.36 bits per heavy atom. The van der Waals surface area contributed by atoms with E-state index in [0.29, 0.717) is 11.6 Å². The highest BCUT2D eigenvalue weighted by molar-refractivity contribution is 8.00. The van der Waals surface area contributed by atoms with Gasteiger partial charge in [-0.3, -0.25) is 9.59 Å². The molecule has 7 heteroatoms. The highest BCUT2D eigenvalue weighted by Gasteiger charge is 2.26. The van der Waals surface area contributed by atoms with Crippen molar-refractivity contribution < 1.29 is 14.1 Å². The molecule has 0 aliphatic rings. The number of likely N-dealkylation sites (N-methyl/N-ethyl adjacent to an activating group) is 1. The third-order valence-corrected chi connectivity index (χ3v) is 5.23. The number of aromatic nitrogens is 1. The minimum Gasteiger partial charge on any atom is -0.360 e. The molecule has 0 aliphatic carbocycles. The van der Waals surface area contributed by atoms with Crippen molar-refractivity contribution >= 4 is 29.4 Å². The average Bonchev–Trinajstić information content (AvgIpc) is 3.11. The first-order chi connectivity index (χ1) is 13.5. The predicted molar refractivity (Wildman–Crippen MR) is 109 cm³/mol. The van der Waals surface area contributed by atoms with Gasteiger partial charge in [-0.25, -0.2) is 0 Å². The molecular formula is C21H21N3O3S. The second kappa shape index (κ2) is 9.23. The fraction of sp³-hybridized carbons (Fsp3) is 0.190. The zero-order valence-corrected chi connectivity index (χ0v) is 16.5. The number of amides is 2. The molecule has 3 rings (SSSR count). The summed E-state index contributed by atoms with van der Waals surface area (Å²) in [5.41, 5.74) is 0.890. The van der Waals surface area contributed by atoms with Crippen LogP contribution in [-0.4, -0.2) is 35.5 Å². The Morgan fingerprint density at radius 1 is 1.11 bits per heavy atom. The summed E-state index contributed by atoms with van der Waals surface area (Å²) in [4.78, 5) is 27.8. The van der Waals surface area contributed by atoms with Gasteiger partial charge in [0.1, 0.15) is 11.0 Å². The number of nitrogens with one attached hydrogen (secondary N) is 1. The third kappa shape index (κ3) is 5.23. The number of hydrogen-bond acceptors (Lipinski definition) is 5. The monoisotopic (exact) mass is 395 g/mol. The zero-order valence-electron chi connectivity index (χ0n) is 15.7. The summed E-state index contributed by atoms with van der Waals surface area (Å²) in [6.07, 6.45) is 0. The molecule has 1 heterocycles. The quantitative estimate of drug-likeness (QED) is 0.614. The van der Waals surface area contributed by atoms with Crippen molar-refractivity contribution in [2.75, 3.05) is 18.9 Å². The molecule has 0 bridgehead atoms. The highest BCUT2D eigenvalue weighted by Crippen LogP contribution is 2.36. The van der Waals surface area contributed by atoms with E-state index in [4.69, 9.17) is 4.52 Å². The lowest BCUT2D eigenvalue weighted by Crippen LogP contribution is -2.37. The molecule has 28 heavy (non-hydrogen) atoms. The molecule has 0 spiro atoms. The second-order valence-corrected chi connectivity index (χ2v) is 7.47. The van der Waals surface area contributed by atoms with Gasteiger partial charge < -0.3 is 14.7 Å². The van der Waals surface area contributed by atoms with Crippen LogP contribution < -0.4 is 5.32 Å². The highest BCUT2D eigenvalue weighted by atomic mass is 32.2. The van der Waals surface area contributed by atoms with Crippen LogP contribution in [0.1, 0.15) is 16.6 Å². The second-order valence-electron chi connectivity index (χ2n) is 6.29.